The second-order valence-electron chi connectivity index (χ2n) is 5.44. The molecule has 1 heterocycles. The molecule has 0 saturated carbocycles. The van der Waals surface area contributed by atoms with E-state index in [1.54, 1.807) is 7.11 Å². The number of nitrogens with zero attached hydrogens (tertiary/aromatic N) is 2. The molecule has 23 heavy (non-hydrogen) atoms. The van der Waals surface area contributed by atoms with Crippen molar-refractivity contribution in [3.63, 3.8) is 0 Å². The Morgan fingerprint density at radius 1 is 1.22 bits per heavy atom. The fourth-order valence-corrected chi connectivity index (χ4v) is 2.98. The summed E-state index contributed by atoms with van der Waals surface area (Å²) in [5.74, 6) is 0. The quantitative estimate of drug-likeness (QED) is 0.833. The Bertz CT molecular complexity index is 689. The van der Waals surface area contributed by atoms with Gasteiger partial charge in [-0.05, 0) is 18.2 Å². The van der Waals surface area contributed by atoms with Crippen molar-refractivity contribution in [2.45, 2.75) is 6.04 Å². The molecule has 1 atom stereocenters. The summed E-state index contributed by atoms with van der Waals surface area (Å²) < 4.78 is 5.35. The maximum absolute atomic E-state index is 6.23. The summed E-state index contributed by atoms with van der Waals surface area (Å²) in [6, 6.07) is 16.4. The van der Waals surface area contributed by atoms with Crippen molar-refractivity contribution in [3.05, 3.63) is 64.7 Å². The molecule has 3 rings (SSSR count). The third-order valence-corrected chi connectivity index (χ3v) is 4.24. The van der Waals surface area contributed by atoms with Gasteiger partial charge in [-0.1, -0.05) is 41.9 Å². The first-order valence-electron chi connectivity index (χ1n) is 7.32. The van der Waals surface area contributed by atoms with E-state index >= 15 is 0 Å². The molecule has 0 fully saturated rings. The summed E-state index contributed by atoms with van der Waals surface area (Å²) in [5.41, 5.74) is 4.30. The van der Waals surface area contributed by atoms with E-state index in [1.165, 1.54) is 0 Å². The number of ether oxygens (including phenoxy) is 1. The number of likely N-dealkylation sites (N-methyl/N-ethyl adjacent to an activating group) is 1. The Hall–Kier alpha value is -1.55. The molecule has 0 N–H and O–H groups in total. The van der Waals surface area contributed by atoms with Crippen molar-refractivity contribution in [1.82, 2.24) is 0 Å². The van der Waals surface area contributed by atoms with Gasteiger partial charge in [0.25, 0.3) is 0 Å². The van der Waals surface area contributed by atoms with E-state index in [9.17, 15) is 0 Å². The normalized spacial score (nSPS) is 16.9. The third-order valence-electron chi connectivity index (χ3n) is 4.01. The summed E-state index contributed by atoms with van der Waals surface area (Å²) in [7, 11) is 3.81. The number of hydrogen-bond acceptors (Lipinski definition) is 3. The smallest absolute Gasteiger partial charge is 0.0741 e. The number of benzene rings is 2. The number of aliphatic imine (C=N–C) groups is 1. The summed E-state index contributed by atoms with van der Waals surface area (Å²) in [6.45, 7) is 1.34. The van der Waals surface area contributed by atoms with Gasteiger partial charge in [0, 0.05) is 36.0 Å². The van der Waals surface area contributed by atoms with E-state index in [-0.39, 0.29) is 18.4 Å². The number of fused-ring (bicyclic) bond motifs is 1. The Labute approximate surface area is 148 Å². The minimum absolute atomic E-state index is 0. The van der Waals surface area contributed by atoms with Crippen LogP contribution in [-0.4, -0.2) is 39.1 Å². The molecule has 0 saturated heterocycles. The summed E-state index contributed by atoms with van der Waals surface area (Å²) in [6.07, 6.45) is 0. The van der Waals surface area contributed by atoms with E-state index in [4.69, 9.17) is 21.3 Å². The lowest BCUT2D eigenvalue weighted by atomic mass is 10.0. The zero-order chi connectivity index (χ0) is 15.5. The first-order valence-corrected chi connectivity index (χ1v) is 7.70. The average molecular weight is 351 g/mol. The number of halogens is 2. The van der Waals surface area contributed by atoms with Crippen LogP contribution in [0.2, 0.25) is 5.02 Å². The predicted molar refractivity (Wildman–Crippen MR) is 99.7 cm³/mol. The predicted octanol–water partition coefficient (Wildman–Crippen LogP) is 4.06. The van der Waals surface area contributed by atoms with Crippen LogP contribution in [0.25, 0.3) is 0 Å². The minimum Gasteiger partial charge on any atom is -0.382 e. The van der Waals surface area contributed by atoms with Gasteiger partial charge in [-0.3, -0.25) is 4.99 Å². The van der Waals surface area contributed by atoms with Crippen molar-refractivity contribution in [1.29, 1.82) is 0 Å². The lowest BCUT2D eigenvalue weighted by Gasteiger charge is -2.28. The molecule has 0 spiro atoms. The number of methoxy groups -OCH3 is 1. The van der Waals surface area contributed by atoms with Crippen molar-refractivity contribution >= 4 is 35.4 Å². The Kier molecular flexibility index (Phi) is 6.05. The summed E-state index contributed by atoms with van der Waals surface area (Å²) >= 11 is 6.23. The van der Waals surface area contributed by atoms with E-state index in [0.717, 1.165) is 27.5 Å². The van der Waals surface area contributed by atoms with Gasteiger partial charge in [0.15, 0.2) is 0 Å². The van der Waals surface area contributed by atoms with Gasteiger partial charge in [0.1, 0.15) is 0 Å². The standard InChI is InChI=1S/C18H19ClN2O.ClH/c1-21-15(12-22-2)11-20-18(13-6-4-3-5-7-13)16-10-14(19)8-9-17(16)21;/h3-10,15H,11-12H2,1-2H3;1H. The highest BCUT2D eigenvalue weighted by Crippen LogP contribution is 2.30. The van der Waals surface area contributed by atoms with Crippen LogP contribution in [0.1, 0.15) is 11.1 Å². The van der Waals surface area contributed by atoms with Crippen LogP contribution in [0, 0.1) is 0 Å². The number of hydrogen-bond donors (Lipinski definition) is 0. The van der Waals surface area contributed by atoms with Crippen molar-refractivity contribution in [3.8, 4) is 0 Å². The summed E-state index contributed by atoms with van der Waals surface area (Å²) in [4.78, 5) is 7.09. The van der Waals surface area contributed by atoms with Gasteiger partial charge in [0.05, 0.1) is 24.9 Å². The maximum atomic E-state index is 6.23. The maximum Gasteiger partial charge on any atom is 0.0741 e. The zero-order valence-electron chi connectivity index (χ0n) is 13.2. The second kappa shape index (κ2) is 7.82. The Morgan fingerprint density at radius 3 is 2.65 bits per heavy atom. The molecule has 0 aliphatic carbocycles. The lowest BCUT2D eigenvalue weighted by Crippen LogP contribution is -2.37. The molecule has 2 aromatic rings. The SMILES string of the molecule is COCC1CN=C(c2ccccc2)c2cc(Cl)ccc2N1C.Cl. The Balaban J connectivity index is 0.00000192. The average Bonchev–Trinajstić information content (AvgIpc) is 2.66. The lowest BCUT2D eigenvalue weighted by molar-refractivity contribution is 0.180. The van der Waals surface area contributed by atoms with Gasteiger partial charge in [-0.2, -0.15) is 0 Å². The molecule has 0 aromatic heterocycles. The second-order valence-corrected chi connectivity index (χ2v) is 5.87. The molecule has 0 amide bonds. The number of anilines is 1. The van der Waals surface area contributed by atoms with Crippen LogP contribution in [0.15, 0.2) is 53.5 Å². The van der Waals surface area contributed by atoms with Crippen LogP contribution in [0.3, 0.4) is 0 Å². The highest BCUT2D eigenvalue weighted by atomic mass is 35.5. The van der Waals surface area contributed by atoms with Gasteiger partial charge in [-0.15, -0.1) is 12.4 Å². The van der Waals surface area contributed by atoms with Crippen molar-refractivity contribution < 1.29 is 4.74 Å². The largest absolute Gasteiger partial charge is 0.382 e. The molecule has 0 radical (unpaired) electrons. The van der Waals surface area contributed by atoms with Crippen molar-refractivity contribution in [2.75, 3.05) is 32.2 Å². The highest BCUT2D eigenvalue weighted by molar-refractivity contribution is 6.31. The highest BCUT2D eigenvalue weighted by Gasteiger charge is 2.24. The topological polar surface area (TPSA) is 24.8 Å². The first kappa shape index (κ1) is 17.8. The van der Waals surface area contributed by atoms with E-state index in [2.05, 4.69) is 30.1 Å². The molecule has 0 bridgehead atoms. The van der Waals surface area contributed by atoms with Crippen LogP contribution < -0.4 is 4.90 Å². The van der Waals surface area contributed by atoms with Crippen molar-refractivity contribution in [2.24, 2.45) is 4.99 Å². The number of rotatable bonds is 3. The summed E-state index contributed by atoms with van der Waals surface area (Å²) in [5, 5.41) is 0.723. The minimum atomic E-state index is 0. The van der Waals surface area contributed by atoms with Gasteiger partial charge < -0.3 is 9.64 Å². The van der Waals surface area contributed by atoms with Crippen LogP contribution in [-0.2, 0) is 4.74 Å². The van der Waals surface area contributed by atoms with E-state index in [0.29, 0.717) is 13.2 Å². The number of benzodiazepines with no additional fused rings is 1. The fraction of sp³-hybridized carbons (Fsp3) is 0.278. The molecule has 1 unspecified atom stereocenters. The van der Waals surface area contributed by atoms with Crippen LogP contribution >= 0.6 is 24.0 Å². The molecule has 1 aliphatic rings. The van der Waals surface area contributed by atoms with Crippen LogP contribution in [0.5, 0.6) is 0 Å². The molecular formula is C18H20Cl2N2O. The van der Waals surface area contributed by atoms with Gasteiger partial charge in [0.2, 0.25) is 0 Å². The van der Waals surface area contributed by atoms with Gasteiger partial charge >= 0.3 is 0 Å². The molecule has 1 aliphatic heterocycles. The van der Waals surface area contributed by atoms with E-state index in [1.807, 2.05) is 30.3 Å². The first-order chi connectivity index (χ1) is 10.7. The molecule has 122 valence electrons. The molecular weight excluding hydrogens is 331 g/mol. The third kappa shape index (κ3) is 3.69. The molecule has 5 heteroatoms. The zero-order valence-corrected chi connectivity index (χ0v) is 14.8. The van der Waals surface area contributed by atoms with E-state index < -0.39 is 0 Å². The van der Waals surface area contributed by atoms with Gasteiger partial charge in [-0.25, -0.2) is 0 Å². The molecule has 2 aromatic carbocycles. The monoisotopic (exact) mass is 350 g/mol. The fourth-order valence-electron chi connectivity index (χ4n) is 2.81. The van der Waals surface area contributed by atoms with Crippen LogP contribution in [0.4, 0.5) is 5.69 Å². The Morgan fingerprint density at radius 2 is 1.96 bits per heavy atom. The molecule has 3 nitrogen and oxygen atoms in total.